The van der Waals surface area contributed by atoms with Crippen LogP contribution in [0.4, 0.5) is 10.2 Å². The van der Waals surface area contributed by atoms with Crippen molar-refractivity contribution in [3.05, 3.63) is 40.2 Å². The number of rotatable bonds is 7. The SMILES string of the molecule is CCN(CCNc1cnc(F)cn1)C(=O)c1cc(C(N)=O)cs1. The maximum atomic E-state index is 12.7. The van der Waals surface area contributed by atoms with Crippen LogP contribution in [0.1, 0.15) is 27.0 Å². The van der Waals surface area contributed by atoms with Crippen molar-refractivity contribution >= 4 is 29.0 Å². The van der Waals surface area contributed by atoms with Crippen molar-refractivity contribution < 1.29 is 14.0 Å². The number of primary amides is 1. The number of likely N-dealkylation sites (N-methyl/N-ethyl adjacent to an activating group) is 1. The molecule has 0 spiro atoms. The number of nitrogens with two attached hydrogens (primary N) is 1. The lowest BCUT2D eigenvalue weighted by Gasteiger charge is -2.20. The molecule has 122 valence electrons. The molecule has 2 rings (SSSR count). The molecule has 0 aromatic carbocycles. The second kappa shape index (κ2) is 7.63. The number of thiophene rings is 1. The van der Waals surface area contributed by atoms with Crippen molar-refractivity contribution in [1.29, 1.82) is 0 Å². The maximum Gasteiger partial charge on any atom is 0.263 e. The van der Waals surface area contributed by atoms with Gasteiger partial charge in [0.1, 0.15) is 5.82 Å². The van der Waals surface area contributed by atoms with Gasteiger partial charge in [0.15, 0.2) is 0 Å². The third kappa shape index (κ3) is 4.46. The summed E-state index contributed by atoms with van der Waals surface area (Å²) in [6.07, 6.45) is 2.30. The molecule has 3 N–H and O–H groups in total. The van der Waals surface area contributed by atoms with E-state index in [4.69, 9.17) is 5.73 Å². The molecule has 2 amide bonds. The fourth-order valence-corrected chi connectivity index (χ4v) is 2.72. The molecule has 0 unspecified atom stereocenters. The van der Waals surface area contributed by atoms with E-state index in [1.54, 1.807) is 10.3 Å². The Kier molecular flexibility index (Phi) is 5.58. The molecule has 2 aromatic heterocycles. The fourth-order valence-electron chi connectivity index (χ4n) is 1.86. The van der Waals surface area contributed by atoms with E-state index < -0.39 is 11.9 Å². The van der Waals surface area contributed by atoms with Gasteiger partial charge in [-0.05, 0) is 13.0 Å². The van der Waals surface area contributed by atoms with Crippen molar-refractivity contribution in [3.8, 4) is 0 Å². The topological polar surface area (TPSA) is 101 Å². The molecule has 23 heavy (non-hydrogen) atoms. The first kappa shape index (κ1) is 16.8. The summed E-state index contributed by atoms with van der Waals surface area (Å²) in [6, 6.07) is 1.50. The lowest BCUT2D eigenvalue weighted by atomic mass is 10.3. The van der Waals surface area contributed by atoms with Gasteiger partial charge in [-0.15, -0.1) is 11.3 Å². The van der Waals surface area contributed by atoms with Gasteiger partial charge >= 0.3 is 0 Å². The van der Waals surface area contributed by atoms with E-state index in [1.165, 1.54) is 23.6 Å². The normalized spacial score (nSPS) is 10.3. The monoisotopic (exact) mass is 337 g/mol. The van der Waals surface area contributed by atoms with Gasteiger partial charge in [0.05, 0.1) is 22.8 Å². The Morgan fingerprint density at radius 1 is 1.39 bits per heavy atom. The molecule has 2 heterocycles. The molecule has 0 saturated carbocycles. The number of halogens is 1. The molecular weight excluding hydrogens is 321 g/mol. The highest BCUT2D eigenvalue weighted by Crippen LogP contribution is 2.16. The predicted molar refractivity (Wildman–Crippen MR) is 84.9 cm³/mol. The van der Waals surface area contributed by atoms with Gasteiger partial charge in [0.25, 0.3) is 5.91 Å². The Morgan fingerprint density at radius 2 is 2.17 bits per heavy atom. The summed E-state index contributed by atoms with van der Waals surface area (Å²) in [5.41, 5.74) is 5.51. The van der Waals surface area contributed by atoms with Crippen molar-refractivity contribution in [2.24, 2.45) is 5.73 Å². The summed E-state index contributed by atoms with van der Waals surface area (Å²) in [4.78, 5) is 32.9. The fraction of sp³-hybridized carbons (Fsp3) is 0.286. The maximum absolute atomic E-state index is 12.7. The Balaban J connectivity index is 1.92. The lowest BCUT2D eigenvalue weighted by Crippen LogP contribution is -2.34. The molecule has 7 nitrogen and oxygen atoms in total. The summed E-state index contributed by atoms with van der Waals surface area (Å²) in [7, 11) is 0. The summed E-state index contributed by atoms with van der Waals surface area (Å²) in [5, 5.41) is 4.53. The molecule has 2 aromatic rings. The molecular formula is C14H16FN5O2S. The van der Waals surface area contributed by atoms with E-state index in [1.807, 2.05) is 6.92 Å². The highest BCUT2D eigenvalue weighted by molar-refractivity contribution is 7.12. The van der Waals surface area contributed by atoms with E-state index in [0.717, 1.165) is 6.20 Å². The van der Waals surface area contributed by atoms with Gasteiger partial charge in [-0.2, -0.15) is 4.39 Å². The smallest absolute Gasteiger partial charge is 0.263 e. The lowest BCUT2D eigenvalue weighted by molar-refractivity contribution is 0.0775. The molecule has 0 bridgehead atoms. The summed E-state index contributed by atoms with van der Waals surface area (Å²) >= 11 is 1.18. The zero-order valence-electron chi connectivity index (χ0n) is 12.5. The molecule has 0 saturated heterocycles. The standard InChI is InChI=1S/C14H16FN5O2S/c1-2-20(4-3-17-12-7-18-11(15)6-19-12)14(22)10-5-9(8-23-10)13(16)21/h5-8H,2-4H2,1H3,(H2,16,21)(H,17,19). The Labute approximate surface area is 136 Å². The second-order valence-electron chi connectivity index (χ2n) is 4.60. The number of anilines is 1. The zero-order valence-corrected chi connectivity index (χ0v) is 13.3. The average molecular weight is 337 g/mol. The number of carbonyl (C=O) groups is 2. The molecule has 0 aliphatic heterocycles. The minimum absolute atomic E-state index is 0.169. The van der Waals surface area contributed by atoms with Crippen LogP contribution < -0.4 is 11.1 Å². The minimum atomic E-state index is -0.649. The summed E-state index contributed by atoms with van der Waals surface area (Å²) < 4.78 is 12.7. The number of hydrogen-bond acceptors (Lipinski definition) is 6. The van der Waals surface area contributed by atoms with E-state index >= 15 is 0 Å². The van der Waals surface area contributed by atoms with Gasteiger partial charge in [-0.25, -0.2) is 9.97 Å². The number of carbonyl (C=O) groups excluding carboxylic acids is 2. The summed E-state index contributed by atoms with van der Waals surface area (Å²) in [6.45, 7) is 3.24. The largest absolute Gasteiger partial charge is 0.367 e. The van der Waals surface area contributed by atoms with E-state index in [0.29, 0.717) is 35.9 Å². The molecule has 9 heteroatoms. The predicted octanol–water partition coefficient (Wildman–Crippen LogP) is 1.35. The van der Waals surface area contributed by atoms with Crippen LogP contribution in [0.15, 0.2) is 23.8 Å². The highest BCUT2D eigenvalue weighted by atomic mass is 32.1. The minimum Gasteiger partial charge on any atom is -0.367 e. The first-order chi connectivity index (χ1) is 11.0. The van der Waals surface area contributed by atoms with Crippen molar-refractivity contribution in [2.45, 2.75) is 6.92 Å². The Morgan fingerprint density at radius 3 is 2.74 bits per heavy atom. The van der Waals surface area contributed by atoms with E-state index in [2.05, 4.69) is 15.3 Å². The summed E-state index contributed by atoms with van der Waals surface area (Å²) in [5.74, 6) is -0.942. The van der Waals surface area contributed by atoms with Crippen LogP contribution in [0.5, 0.6) is 0 Å². The van der Waals surface area contributed by atoms with Crippen LogP contribution in [-0.4, -0.2) is 46.3 Å². The third-order valence-corrected chi connectivity index (χ3v) is 3.99. The van der Waals surface area contributed by atoms with Gasteiger partial charge in [-0.3, -0.25) is 9.59 Å². The number of aromatic nitrogens is 2. The number of nitrogens with zero attached hydrogens (tertiary/aromatic N) is 3. The Bertz CT molecular complexity index is 689. The van der Waals surface area contributed by atoms with Crippen LogP contribution in [0.25, 0.3) is 0 Å². The third-order valence-electron chi connectivity index (χ3n) is 3.07. The van der Waals surface area contributed by atoms with Gasteiger partial charge in [0, 0.05) is 25.0 Å². The van der Waals surface area contributed by atoms with Crippen molar-refractivity contribution in [1.82, 2.24) is 14.9 Å². The van der Waals surface area contributed by atoms with Crippen molar-refractivity contribution in [2.75, 3.05) is 25.0 Å². The first-order valence-corrected chi connectivity index (χ1v) is 7.78. The molecule has 0 aliphatic carbocycles. The number of hydrogen-bond donors (Lipinski definition) is 2. The number of amides is 2. The van der Waals surface area contributed by atoms with Gasteiger partial charge in [0.2, 0.25) is 11.9 Å². The average Bonchev–Trinajstić information content (AvgIpc) is 3.03. The van der Waals surface area contributed by atoms with Crippen LogP contribution in [0, 0.1) is 5.95 Å². The second-order valence-corrected chi connectivity index (χ2v) is 5.51. The molecule has 0 aliphatic rings. The van der Waals surface area contributed by atoms with Crippen LogP contribution in [0.3, 0.4) is 0 Å². The van der Waals surface area contributed by atoms with E-state index in [-0.39, 0.29) is 5.91 Å². The van der Waals surface area contributed by atoms with Crippen LogP contribution in [0.2, 0.25) is 0 Å². The van der Waals surface area contributed by atoms with Crippen LogP contribution in [-0.2, 0) is 0 Å². The van der Waals surface area contributed by atoms with E-state index in [9.17, 15) is 14.0 Å². The Hall–Kier alpha value is -2.55. The number of nitrogens with one attached hydrogen (secondary N) is 1. The molecule has 0 fully saturated rings. The quantitative estimate of drug-likeness (QED) is 0.794. The molecule has 0 radical (unpaired) electrons. The highest BCUT2D eigenvalue weighted by Gasteiger charge is 2.17. The molecule has 0 atom stereocenters. The van der Waals surface area contributed by atoms with Gasteiger partial charge < -0.3 is 16.0 Å². The first-order valence-electron chi connectivity index (χ1n) is 6.90. The van der Waals surface area contributed by atoms with Crippen LogP contribution >= 0.6 is 11.3 Å². The van der Waals surface area contributed by atoms with Crippen molar-refractivity contribution in [3.63, 3.8) is 0 Å². The zero-order chi connectivity index (χ0) is 16.8. The van der Waals surface area contributed by atoms with Gasteiger partial charge in [-0.1, -0.05) is 0 Å².